The van der Waals surface area contributed by atoms with Crippen molar-refractivity contribution >= 4 is 24.3 Å². The maximum atomic E-state index is 12.9. The summed E-state index contributed by atoms with van der Waals surface area (Å²) in [6.07, 6.45) is 0. The number of carbonyl (C=O) groups is 2. The minimum Gasteiger partial charge on any atom is -0.464 e. The molecule has 0 aromatic carbocycles. The van der Waals surface area contributed by atoms with Gasteiger partial charge < -0.3 is 15.8 Å². The first-order chi connectivity index (χ1) is 8.89. The van der Waals surface area contributed by atoms with Gasteiger partial charge in [-0.25, -0.2) is 18.6 Å². The molecule has 1 heterocycles. The molecule has 1 aromatic rings. The number of ether oxygens (including phenoxy) is 1. The molecule has 9 heteroatoms. The summed E-state index contributed by atoms with van der Waals surface area (Å²) < 4.78 is 30.1. The summed E-state index contributed by atoms with van der Waals surface area (Å²) >= 11 is 0. The highest BCUT2D eigenvalue weighted by Gasteiger charge is 2.27. The molecule has 1 amide bonds. The molecule has 1 rings (SSSR count). The number of amides is 1. The van der Waals surface area contributed by atoms with E-state index in [9.17, 15) is 18.4 Å². The molecule has 3 N–H and O–H groups in total. The Labute approximate surface area is 120 Å². The summed E-state index contributed by atoms with van der Waals surface area (Å²) in [5.74, 6) is -4.73. The molecule has 0 bridgehead atoms. The summed E-state index contributed by atoms with van der Waals surface area (Å²) in [6, 6.07) is 4.04. The third-order valence-electron chi connectivity index (χ3n) is 2.18. The van der Waals surface area contributed by atoms with Crippen LogP contribution in [0.5, 0.6) is 0 Å². The number of aromatic nitrogens is 1. The summed E-state index contributed by atoms with van der Waals surface area (Å²) in [5.41, 5.74) is 4.60. The molecule has 0 unspecified atom stereocenters. The first-order valence-electron chi connectivity index (χ1n) is 5.31. The minimum atomic E-state index is -3.18. The Morgan fingerprint density at radius 2 is 2.00 bits per heavy atom. The molecule has 0 spiro atoms. The van der Waals surface area contributed by atoms with Crippen LogP contribution in [0.1, 0.15) is 21.0 Å². The molecule has 0 aliphatic heterocycles. The van der Waals surface area contributed by atoms with E-state index < -0.39 is 30.9 Å². The van der Waals surface area contributed by atoms with Gasteiger partial charge in [0.25, 0.3) is 11.8 Å². The number of rotatable bonds is 5. The molecule has 0 saturated carbocycles. The van der Waals surface area contributed by atoms with Gasteiger partial charge in [0, 0.05) is 0 Å². The van der Waals surface area contributed by atoms with Gasteiger partial charge in [0.05, 0.1) is 20.2 Å². The smallest absolute Gasteiger partial charge is 0.356 e. The van der Waals surface area contributed by atoms with E-state index in [0.717, 1.165) is 0 Å². The lowest BCUT2D eigenvalue weighted by molar-refractivity contribution is 0.0118. The van der Waals surface area contributed by atoms with E-state index in [2.05, 4.69) is 9.72 Å². The predicted molar refractivity (Wildman–Crippen MR) is 69.2 cm³/mol. The maximum Gasteiger partial charge on any atom is 0.356 e. The second kappa shape index (κ2) is 7.71. The number of nitrogens with one attached hydrogen (secondary N) is 1. The zero-order valence-electron chi connectivity index (χ0n) is 10.6. The molecule has 20 heavy (non-hydrogen) atoms. The number of pyridine rings is 1. The van der Waals surface area contributed by atoms with Gasteiger partial charge in [0.1, 0.15) is 11.4 Å². The monoisotopic (exact) mass is 309 g/mol. The second-order valence-corrected chi connectivity index (χ2v) is 3.64. The van der Waals surface area contributed by atoms with Crippen LogP contribution in [0.4, 0.5) is 8.78 Å². The van der Waals surface area contributed by atoms with Gasteiger partial charge in [-0.05, 0) is 12.1 Å². The topological polar surface area (TPSA) is 94.3 Å². The van der Waals surface area contributed by atoms with Gasteiger partial charge in [-0.1, -0.05) is 6.07 Å². The number of alkyl halides is 2. The van der Waals surface area contributed by atoms with Gasteiger partial charge in [-0.3, -0.25) is 4.79 Å². The van der Waals surface area contributed by atoms with Crippen molar-refractivity contribution in [2.24, 2.45) is 5.73 Å². The lowest BCUT2D eigenvalue weighted by Gasteiger charge is -2.14. The zero-order valence-corrected chi connectivity index (χ0v) is 11.4. The van der Waals surface area contributed by atoms with Gasteiger partial charge in [0.2, 0.25) is 0 Å². The van der Waals surface area contributed by atoms with E-state index in [1.807, 2.05) is 5.32 Å². The quantitative estimate of drug-likeness (QED) is 0.777. The van der Waals surface area contributed by atoms with E-state index in [0.29, 0.717) is 0 Å². The van der Waals surface area contributed by atoms with Crippen molar-refractivity contribution in [3.05, 3.63) is 29.6 Å². The number of halogens is 3. The molecule has 1 aromatic heterocycles. The number of carbonyl (C=O) groups excluding carboxylic acids is 2. The van der Waals surface area contributed by atoms with Gasteiger partial charge in [-0.15, -0.1) is 12.4 Å². The van der Waals surface area contributed by atoms with Crippen LogP contribution in [0.3, 0.4) is 0 Å². The van der Waals surface area contributed by atoms with Crippen LogP contribution in [0.25, 0.3) is 0 Å². The van der Waals surface area contributed by atoms with E-state index in [-0.39, 0.29) is 23.8 Å². The summed E-state index contributed by atoms with van der Waals surface area (Å²) in [7, 11) is 1.17. The fourth-order valence-electron chi connectivity index (χ4n) is 1.15. The zero-order chi connectivity index (χ0) is 14.5. The number of hydrogen-bond acceptors (Lipinski definition) is 5. The van der Waals surface area contributed by atoms with Crippen LogP contribution in [-0.2, 0) is 4.74 Å². The molecule has 0 saturated heterocycles. The van der Waals surface area contributed by atoms with Gasteiger partial charge in [0.15, 0.2) is 0 Å². The van der Waals surface area contributed by atoms with Crippen LogP contribution in [0, 0.1) is 0 Å². The summed E-state index contributed by atoms with van der Waals surface area (Å²) in [6.45, 7) is -1.77. The lowest BCUT2D eigenvalue weighted by atomic mass is 10.2. The van der Waals surface area contributed by atoms with Gasteiger partial charge >= 0.3 is 5.97 Å². The van der Waals surface area contributed by atoms with Crippen LogP contribution >= 0.6 is 12.4 Å². The van der Waals surface area contributed by atoms with E-state index in [4.69, 9.17) is 5.73 Å². The Kier molecular flexibility index (Phi) is 7.01. The first-order valence-corrected chi connectivity index (χ1v) is 5.31. The average molecular weight is 310 g/mol. The standard InChI is InChI=1S/C11H13F2N3O3.ClH/c1-19-10(18)8-4-2-3-7(16-8)9(17)15-6-11(12,13)5-14;/h2-4H,5-6,14H2,1H3,(H,15,17);1H. The van der Waals surface area contributed by atoms with Crippen LogP contribution in [0.15, 0.2) is 18.2 Å². The third-order valence-corrected chi connectivity index (χ3v) is 2.18. The number of nitrogens with two attached hydrogens (primary N) is 1. The predicted octanol–water partition coefficient (Wildman–Crippen LogP) is 0.614. The summed E-state index contributed by atoms with van der Waals surface area (Å²) in [4.78, 5) is 26.5. The van der Waals surface area contributed by atoms with Crippen molar-refractivity contribution in [3.63, 3.8) is 0 Å². The van der Waals surface area contributed by atoms with Crippen molar-refractivity contribution < 1.29 is 23.1 Å². The molecule has 112 valence electrons. The maximum absolute atomic E-state index is 12.9. The Balaban J connectivity index is 0.00000361. The van der Waals surface area contributed by atoms with Crippen molar-refractivity contribution in [3.8, 4) is 0 Å². The Morgan fingerprint density at radius 1 is 1.40 bits per heavy atom. The van der Waals surface area contributed by atoms with Crippen LogP contribution in [-0.4, -0.2) is 43.0 Å². The Hall–Kier alpha value is -1.80. The Morgan fingerprint density at radius 3 is 2.55 bits per heavy atom. The average Bonchev–Trinajstić information content (AvgIpc) is 2.44. The molecule has 0 atom stereocenters. The minimum absolute atomic E-state index is 0. The number of hydrogen-bond donors (Lipinski definition) is 2. The highest BCUT2D eigenvalue weighted by molar-refractivity contribution is 5.94. The number of esters is 1. The SMILES string of the molecule is COC(=O)c1cccc(C(=O)NCC(F)(F)CN)n1.Cl. The van der Waals surface area contributed by atoms with E-state index in [1.54, 1.807) is 0 Å². The van der Waals surface area contributed by atoms with Crippen molar-refractivity contribution in [1.82, 2.24) is 10.3 Å². The molecule has 0 aliphatic carbocycles. The molecule has 0 aliphatic rings. The normalized spacial score (nSPS) is 10.4. The van der Waals surface area contributed by atoms with Crippen molar-refractivity contribution in [1.29, 1.82) is 0 Å². The van der Waals surface area contributed by atoms with Crippen molar-refractivity contribution in [2.75, 3.05) is 20.2 Å². The lowest BCUT2D eigenvalue weighted by Crippen LogP contribution is -2.41. The van der Waals surface area contributed by atoms with E-state index in [1.165, 1.54) is 25.3 Å². The third kappa shape index (κ3) is 5.06. The number of nitrogens with zero attached hydrogens (tertiary/aromatic N) is 1. The van der Waals surface area contributed by atoms with E-state index >= 15 is 0 Å². The molecule has 0 radical (unpaired) electrons. The van der Waals surface area contributed by atoms with Crippen LogP contribution in [0.2, 0.25) is 0 Å². The van der Waals surface area contributed by atoms with Crippen LogP contribution < -0.4 is 11.1 Å². The Bertz CT molecular complexity index is 486. The van der Waals surface area contributed by atoms with Gasteiger partial charge in [-0.2, -0.15) is 0 Å². The molecule has 0 fully saturated rings. The molecule has 6 nitrogen and oxygen atoms in total. The van der Waals surface area contributed by atoms with Crippen molar-refractivity contribution in [2.45, 2.75) is 5.92 Å². The fourth-order valence-corrected chi connectivity index (χ4v) is 1.15. The fraction of sp³-hybridized carbons (Fsp3) is 0.364. The molecular formula is C11H14ClF2N3O3. The highest BCUT2D eigenvalue weighted by Crippen LogP contribution is 2.09. The second-order valence-electron chi connectivity index (χ2n) is 3.64. The summed E-state index contributed by atoms with van der Waals surface area (Å²) in [5, 5.41) is 1.99. The first kappa shape index (κ1) is 18.2. The highest BCUT2D eigenvalue weighted by atomic mass is 35.5. The number of methoxy groups -OCH3 is 1. The molecular weight excluding hydrogens is 296 g/mol. The largest absolute Gasteiger partial charge is 0.464 e.